The van der Waals surface area contributed by atoms with E-state index in [1.807, 2.05) is 6.92 Å². The highest BCUT2D eigenvalue weighted by atomic mass is 16.5. The van der Waals surface area contributed by atoms with Crippen LogP contribution in [-0.4, -0.2) is 31.9 Å². The first-order valence-electron chi connectivity index (χ1n) is 8.64. The summed E-state index contributed by atoms with van der Waals surface area (Å²) in [6.07, 6.45) is -0.116. The number of rotatable bonds is 9. The number of carbonyl (C=O) groups excluding carboxylic acids is 1. The highest BCUT2D eigenvalue weighted by molar-refractivity contribution is 5.71. The molecule has 1 N–H and O–H groups in total. The van der Waals surface area contributed by atoms with E-state index in [0.29, 0.717) is 17.9 Å². The number of ether oxygens (including phenoxy) is 3. The molecule has 2 aromatic rings. The molecule has 7 heteroatoms. The molecule has 1 heterocycles. The van der Waals surface area contributed by atoms with Gasteiger partial charge in [-0.05, 0) is 30.2 Å². The molecule has 2 rings (SSSR count). The molecule has 1 aromatic carbocycles. The van der Waals surface area contributed by atoms with Crippen LogP contribution >= 0.6 is 0 Å². The van der Waals surface area contributed by atoms with Gasteiger partial charge in [0, 0.05) is 13.2 Å². The van der Waals surface area contributed by atoms with Crippen molar-refractivity contribution in [3.8, 4) is 11.5 Å². The van der Waals surface area contributed by atoms with Gasteiger partial charge >= 0.3 is 5.97 Å². The zero-order valence-corrected chi connectivity index (χ0v) is 16.2. The number of carbonyl (C=O) groups is 1. The van der Waals surface area contributed by atoms with Crippen molar-refractivity contribution in [2.45, 2.75) is 25.9 Å². The van der Waals surface area contributed by atoms with Crippen LogP contribution in [0.25, 0.3) is 0 Å². The number of hydrogen-bond acceptors (Lipinski definition) is 7. The highest BCUT2D eigenvalue weighted by Gasteiger charge is 2.26. The van der Waals surface area contributed by atoms with Crippen LogP contribution in [0.4, 0.5) is 0 Å². The Bertz CT molecular complexity index is 881. The van der Waals surface area contributed by atoms with Crippen LogP contribution in [0, 0.1) is 0 Å². The Labute approximate surface area is 163 Å². The van der Waals surface area contributed by atoms with Gasteiger partial charge in [0.15, 0.2) is 5.76 Å². The molecule has 0 aliphatic heterocycles. The van der Waals surface area contributed by atoms with Gasteiger partial charge in [-0.15, -0.1) is 0 Å². The van der Waals surface area contributed by atoms with Crippen molar-refractivity contribution in [3.05, 3.63) is 69.8 Å². The second kappa shape index (κ2) is 9.75. The Morgan fingerprint density at radius 2 is 1.93 bits per heavy atom. The molecule has 0 fully saturated rings. The van der Waals surface area contributed by atoms with E-state index in [-0.39, 0.29) is 24.5 Å². The van der Waals surface area contributed by atoms with Crippen LogP contribution in [0.5, 0.6) is 11.5 Å². The lowest BCUT2D eigenvalue weighted by atomic mass is 9.92. The van der Waals surface area contributed by atoms with E-state index in [0.717, 1.165) is 11.6 Å². The summed E-state index contributed by atoms with van der Waals surface area (Å²) < 4.78 is 21.0. The fourth-order valence-electron chi connectivity index (χ4n) is 2.62. The summed E-state index contributed by atoms with van der Waals surface area (Å²) in [5.41, 5.74) is 0.931. The summed E-state index contributed by atoms with van der Waals surface area (Å²) in [5.74, 6) is -0.908. The molecule has 0 saturated carbocycles. The zero-order valence-electron chi connectivity index (χ0n) is 16.2. The monoisotopic (exact) mass is 388 g/mol. The summed E-state index contributed by atoms with van der Waals surface area (Å²) in [4.78, 5) is 24.1. The standard InChI is InChI=1S/C21H24O7/c1-13(2)11-27-15-7-5-14(6-8-15)17(10-19(23)26-4)21-20(24)18(22)9-16(28-21)12-25-3/h5-9,17,24H,1,10-12H2,2-4H3/t17-/m1/s1. The van der Waals surface area contributed by atoms with Crippen LogP contribution in [0.1, 0.15) is 36.3 Å². The summed E-state index contributed by atoms with van der Waals surface area (Å²) in [6, 6.07) is 8.10. The molecule has 150 valence electrons. The van der Waals surface area contributed by atoms with E-state index >= 15 is 0 Å². The fourth-order valence-corrected chi connectivity index (χ4v) is 2.62. The minimum absolute atomic E-state index is 0.0134. The van der Waals surface area contributed by atoms with Gasteiger partial charge in [0.25, 0.3) is 0 Å². The summed E-state index contributed by atoms with van der Waals surface area (Å²) >= 11 is 0. The number of aromatic hydroxyl groups is 1. The lowest BCUT2D eigenvalue weighted by Gasteiger charge is -2.18. The fraction of sp³-hybridized carbons (Fsp3) is 0.333. The minimum atomic E-state index is -0.716. The van der Waals surface area contributed by atoms with E-state index in [9.17, 15) is 14.7 Å². The first-order chi connectivity index (χ1) is 13.3. The molecule has 28 heavy (non-hydrogen) atoms. The third kappa shape index (κ3) is 5.47. The van der Waals surface area contributed by atoms with Gasteiger partial charge in [0.05, 0.1) is 19.4 Å². The van der Waals surface area contributed by atoms with Crippen molar-refractivity contribution >= 4 is 5.97 Å². The molecule has 0 aliphatic carbocycles. The SMILES string of the molecule is C=C(C)COc1ccc([C@@H](CC(=O)OC)c2oc(COC)cc(=O)c2O)cc1. The van der Waals surface area contributed by atoms with Crippen molar-refractivity contribution in [1.29, 1.82) is 0 Å². The largest absolute Gasteiger partial charge is 0.502 e. The van der Waals surface area contributed by atoms with Crippen molar-refractivity contribution in [2.24, 2.45) is 0 Å². The lowest BCUT2D eigenvalue weighted by molar-refractivity contribution is -0.140. The molecule has 0 saturated heterocycles. The maximum atomic E-state index is 12.1. The Morgan fingerprint density at radius 3 is 2.50 bits per heavy atom. The smallest absolute Gasteiger partial charge is 0.306 e. The van der Waals surface area contributed by atoms with Gasteiger partial charge in [-0.2, -0.15) is 0 Å². The average molecular weight is 388 g/mol. The Morgan fingerprint density at radius 1 is 1.25 bits per heavy atom. The van der Waals surface area contributed by atoms with Crippen molar-refractivity contribution in [3.63, 3.8) is 0 Å². The van der Waals surface area contributed by atoms with Crippen molar-refractivity contribution < 1.29 is 28.5 Å². The normalized spacial score (nSPS) is 11.7. The van der Waals surface area contributed by atoms with Gasteiger partial charge in [0.1, 0.15) is 24.7 Å². The molecule has 7 nitrogen and oxygen atoms in total. The zero-order chi connectivity index (χ0) is 20.7. The Kier molecular flexibility index (Phi) is 7.40. The molecule has 0 spiro atoms. The predicted octanol–water partition coefficient (Wildman–Crippen LogP) is 3.14. The van der Waals surface area contributed by atoms with E-state index in [4.69, 9.17) is 18.6 Å². The minimum Gasteiger partial charge on any atom is -0.502 e. The molecule has 0 radical (unpaired) electrons. The molecule has 0 amide bonds. The molecular formula is C21H24O7. The molecule has 0 bridgehead atoms. The van der Waals surface area contributed by atoms with Gasteiger partial charge in [-0.1, -0.05) is 18.7 Å². The first kappa shape index (κ1) is 21.2. The Balaban J connectivity index is 2.44. The Hall–Kier alpha value is -3.06. The van der Waals surface area contributed by atoms with Gasteiger partial charge in [0.2, 0.25) is 11.2 Å². The first-order valence-corrected chi connectivity index (χ1v) is 8.64. The maximum Gasteiger partial charge on any atom is 0.306 e. The topological polar surface area (TPSA) is 95.2 Å². The molecule has 1 atom stereocenters. The van der Waals surface area contributed by atoms with Crippen molar-refractivity contribution in [1.82, 2.24) is 0 Å². The summed E-state index contributed by atoms with van der Waals surface area (Å²) in [6.45, 7) is 6.09. The third-order valence-corrected chi connectivity index (χ3v) is 3.97. The number of hydrogen-bond donors (Lipinski definition) is 1. The van der Waals surface area contributed by atoms with E-state index in [2.05, 4.69) is 6.58 Å². The lowest BCUT2D eigenvalue weighted by Crippen LogP contribution is -2.14. The summed E-state index contributed by atoms with van der Waals surface area (Å²) in [7, 11) is 2.73. The van der Waals surface area contributed by atoms with E-state index in [1.54, 1.807) is 24.3 Å². The molecule has 0 unspecified atom stereocenters. The summed E-state index contributed by atoms with van der Waals surface area (Å²) in [5, 5.41) is 10.3. The van der Waals surface area contributed by atoms with Gasteiger partial charge in [-0.3, -0.25) is 9.59 Å². The predicted molar refractivity (Wildman–Crippen MR) is 103 cm³/mol. The molecule has 1 aromatic heterocycles. The van der Waals surface area contributed by atoms with Crippen LogP contribution in [0.15, 0.2) is 51.7 Å². The van der Waals surface area contributed by atoms with Crippen molar-refractivity contribution in [2.75, 3.05) is 20.8 Å². The van der Waals surface area contributed by atoms with Crippen LogP contribution < -0.4 is 10.2 Å². The second-order valence-electron chi connectivity index (χ2n) is 6.37. The highest BCUT2D eigenvalue weighted by Crippen LogP contribution is 2.34. The third-order valence-electron chi connectivity index (χ3n) is 3.97. The van der Waals surface area contributed by atoms with E-state index < -0.39 is 23.1 Å². The van der Waals surface area contributed by atoms with Crippen LogP contribution in [-0.2, 0) is 20.9 Å². The van der Waals surface area contributed by atoms with Crippen LogP contribution in [0.2, 0.25) is 0 Å². The maximum absolute atomic E-state index is 12.1. The van der Waals surface area contributed by atoms with Gasteiger partial charge in [-0.25, -0.2) is 0 Å². The number of benzene rings is 1. The molecule has 0 aliphatic rings. The quantitative estimate of drug-likeness (QED) is 0.521. The number of methoxy groups -OCH3 is 2. The van der Waals surface area contributed by atoms with Gasteiger partial charge < -0.3 is 23.7 Å². The van der Waals surface area contributed by atoms with Crippen LogP contribution in [0.3, 0.4) is 0 Å². The molecular weight excluding hydrogens is 364 g/mol. The van der Waals surface area contributed by atoms with E-state index in [1.165, 1.54) is 14.2 Å². The second-order valence-corrected chi connectivity index (χ2v) is 6.37. The number of esters is 1. The average Bonchev–Trinajstić information content (AvgIpc) is 2.68.